The lowest BCUT2D eigenvalue weighted by atomic mass is 9.94. The molecule has 1 N–H and O–H groups in total. The first-order chi connectivity index (χ1) is 17.3. The van der Waals surface area contributed by atoms with Crippen LogP contribution in [0.1, 0.15) is 38.9 Å². The van der Waals surface area contributed by atoms with E-state index in [0.29, 0.717) is 44.9 Å². The number of fused-ring (bicyclic) bond motifs is 1. The molecule has 4 aromatic rings. The minimum atomic E-state index is -0.933. The number of thiazole rings is 2. The second-order valence-corrected chi connectivity index (χ2v) is 10.3. The van der Waals surface area contributed by atoms with Crippen molar-refractivity contribution < 1.29 is 24.2 Å². The summed E-state index contributed by atoms with van der Waals surface area (Å²) in [6.07, 6.45) is 0. The third kappa shape index (κ3) is 3.92. The summed E-state index contributed by atoms with van der Waals surface area (Å²) in [5.41, 5.74) is 1.79. The summed E-state index contributed by atoms with van der Waals surface area (Å²) in [6, 6.07) is 11.7. The molecule has 0 saturated carbocycles. The van der Waals surface area contributed by atoms with Crippen molar-refractivity contribution in [2.24, 2.45) is 0 Å². The van der Waals surface area contributed by atoms with Gasteiger partial charge in [-0.3, -0.25) is 14.5 Å². The zero-order valence-corrected chi connectivity index (χ0v) is 21.7. The number of ketones is 1. The Balaban J connectivity index is 1.71. The van der Waals surface area contributed by atoms with Gasteiger partial charge in [0.15, 0.2) is 10.9 Å². The Hall–Kier alpha value is -3.76. The molecule has 1 aliphatic rings. The second kappa shape index (κ2) is 9.36. The molecule has 0 saturated heterocycles. The summed E-state index contributed by atoms with van der Waals surface area (Å²) in [4.78, 5) is 38.2. The number of Topliss-reactive ketones (excluding diaryl/α,β-unsaturated/α-hetero) is 1. The van der Waals surface area contributed by atoms with Gasteiger partial charge in [-0.25, -0.2) is 9.97 Å². The van der Waals surface area contributed by atoms with Gasteiger partial charge in [-0.2, -0.15) is 0 Å². The number of para-hydroxylation sites is 1. The molecule has 8 nitrogen and oxygen atoms in total. The van der Waals surface area contributed by atoms with Crippen molar-refractivity contribution in [3.63, 3.8) is 0 Å². The van der Waals surface area contributed by atoms with Gasteiger partial charge in [0, 0.05) is 5.56 Å². The van der Waals surface area contributed by atoms with Crippen molar-refractivity contribution in [2.75, 3.05) is 18.6 Å². The van der Waals surface area contributed by atoms with Crippen LogP contribution in [0.4, 0.5) is 5.13 Å². The summed E-state index contributed by atoms with van der Waals surface area (Å²) in [5, 5.41) is 12.2. The Morgan fingerprint density at radius 1 is 1.14 bits per heavy atom. The molecule has 0 fully saturated rings. The normalized spacial score (nSPS) is 15.7. The molecule has 1 atom stereocenters. The average Bonchev–Trinajstić information content (AvgIpc) is 3.51. The van der Waals surface area contributed by atoms with Gasteiger partial charge in [0.2, 0.25) is 5.78 Å². The molecule has 0 spiro atoms. The van der Waals surface area contributed by atoms with Crippen LogP contribution in [0.5, 0.6) is 11.5 Å². The number of rotatable bonds is 7. The standard InChI is InChI=1S/C26H23N3O5S2/c1-5-34-18-9-7-6-8-16(18)21-20(22(30)24-13(2)27-14(3)35-24)23(31)25(32)29(21)26-28-17-11-10-15(33-4)12-19(17)36-26/h6-12,21,31H,5H2,1-4H3. The smallest absolute Gasteiger partial charge is 0.296 e. The van der Waals surface area contributed by atoms with Crippen LogP contribution >= 0.6 is 22.7 Å². The van der Waals surface area contributed by atoms with Gasteiger partial charge in [0.05, 0.1) is 45.1 Å². The van der Waals surface area contributed by atoms with Crippen molar-refractivity contribution in [1.82, 2.24) is 9.97 Å². The lowest BCUT2D eigenvalue weighted by Gasteiger charge is -2.26. The Morgan fingerprint density at radius 2 is 1.92 bits per heavy atom. The van der Waals surface area contributed by atoms with Gasteiger partial charge in [-0.05, 0) is 45.0 Å². The predicted octanol–water partition coefficient (Wildman–Crippen LogP) is 5.56. The third-order valence-corrected chi connectivity index (χ3v) is 7.96. The number of ether oxygens (including phenoxy) is 2. The topological polar surface area (TPSA) is 102 Å². The molecule has 1 unspecified atom stereocenters. The van der Waals surface area contributed by atoms with E-state index in [-0.39, 0.29) is 5.57 Å². The fourth-order valence-electron chi connectivity index (χ4n) is 4.31. The summed E-state index contributed by atoms with van der Waals surface area (Å²) in [5.74, 6) is -0.553. The molecular weight excluding hydrogens is 498 g/mol. The lowest BCUT2D eigenvalue weighted by molar-refractivity contribution is -0.117. The summed E-state index contributed by atoms with van der Waals surface area (Å²) < 4.78 is 12.0. The fraction of sp³-hybridized carbons (Fsp3) is 0.231. The number of aryl methyl sites for hydroxylation is 2. The van der Waals surface area contributed by atoms with Crippen LogP contribution < -0.4 is 14.4 Å². The number of benzene rings is 2. The highest BCUT2D eigenvalue weighted by atomic mass is 32.1. The molecule has 2 aromatic heterocycles. The molecule has 0 aliphatic carbocycles. The number of aliphatic hydroxyl groups excluding tert-OH is 1. The SMILES string of the molecule is CCOc1ccccc1C1C(C(=O)c2sc(C)nc2C)=C(O)C(=O)N1c1nc2ccc(OC)cc2s1. The number of nitrogens with zero attached hydrogens (tertiary/aromatic N) is 3. The summed E-state index contributed by atoms with van der Waals surface area (Å²) >= 11 is 2.51. The molecule has 0 radical (unpaired) electrons. The fourth-order valence-corrected chi connectivity index (χ4v) is 6.20. The van der Waals surface area contributed by atoms with Crippen LogP contribution in [0.2, 0.25) is 0 Å². The zero-order chi connectivity index (χ0) is 25.6. The van der Waals surface area contributed by atoms with Gasteiger partial charge >= 0.3 is 0 Å². The monoisotopic (exact) mass is 521 g/mol. The van der Waals surface area contributed by atoms with Crippen molar-refractivity contribution in [3.8, 4) is 11.5 Å². The first-order valence-electron chi connectivity index (χ1n) is 11.3. The van der Waals surface area contributed by atoms with Crippen molar-refractivity contribution in [1.29, 1.82) is 0 Å². The van der Waals surface area contributed by atoms with E-state index < -0.39 is 23.5 Å². The second-order valence-electron chi connectivity index (χ2n) is 8.12. The molecule has 1 aliphatic heterocycles. The largest absolute Gasteiger partial charge is 0.503 e. The Morgan fingerprint density at radius 3 is 2.61 bits per heavy atom. The van der Waals surface area contributed by atoms with E-state index in [1.54, 1.807) is 38.3 Å². The summed E-state index contributed by atoms with van der Waals surface area (Å²) in [7, 11) is 1.58. The molecular formula is C26H23N3O5S2. The highest BCUT2D eigenvalue weighted by Crippen LogP contribution is 2.47. The van der Waals surface area contributed by atoms with E-state index in [4.69, 9.17) is 9.47 Å². The van der Waals surface area contributed by atoms with E-state index in [2.05, 4.69) is 9.97 Å². The lowest BCUT2D eigenvalue weighted by Crippen LogP contribution is -2.31. The van der Waals surface area contributed by atoms with Gasteiger partial charge in [0.1, 0.15) is 17.5 Å². The minimum Gasteiger partial charge on any atom is -0.503 e. The van der Waals surface area contributed by atoms with Crippen molar-refractivity contribution in [2.45, 2.75) is 26.8 Å². The van der Waals surface area contributed by atoms with Gasteiger partial charge in [0.25, 0.3) is 5.91 Å². The Labute approximate surface area is 215 Å². The zero-order valence-electron chi connectivity index (χ0n) is 20.1. The molecule has 5 rings (SSSR count). The summed E-state index contributed by atoms with van der Waals surface area (Å²) in [6.45, 7) is 5.81. The number of carbonyl (C=O) groups excluding carboxylic acids is 2. The van der Waals surface area contributed by atoms with Crippen LogP contribution in [0.3, 0.4) is 0 Å². The number of amides is 1. The first kappa shape index (κ1) is 24.0. The van der Waals surface area contributed by atoms with Gasteiger partial charge in [-0.15, -0.1) is 11.3 Å². The molecule has 1 amide bonds. The van der Waals surface area contributed by atoms with Crippen LogP contribution in [0.25, 0.3) is 10.2 Å². The van der Waals surface area contributed by atoms with Gasteiger partial charge < -0.3 is 14.6 Å². The minimum absolute atomic E-state index is 0.0178. The highest BCUT2D eigenvalue weighted by Gasteiger charge is 2.47. The Bertz CT molecular complexity index is 1540. The van der Waals surface area contributed by atoms with E-state index in [9.17, 15) is 14.7 Å². The van der Waals surface area contributed by atoms with Gasteiger partial charge in [-0.1, -0.05) is 29.5 Å². The average molecular weight is 522 g/mol. The van der Waals surface area contributed by atoms with Crippen molar-refractivity contribution >= 4 is 49.7 Å². The number of hydrogen-bond donors (Lipinski definition) is 1. The van der Waals surface area contributed by atoms with Crippen LogP contribution in [-0.4, -0.2) is 40.5 Å². The maximum atomic E-state index is 13.8. The molecule has 36 heavy (non-hydrogen) atoms. The molecule has 3 heterocycles. The van der Waals surface area contributed by atoms with Crippen molar-refractivity contribution in [3.05, 3.63) is 74.9 Å². The Kier molecular flexibility index (Phi) is 6.23. The van der Waals surface area contributed by atoms with E-state index in [1.807, 2.05) is 32.0 Å². The quantitative estimate of drug-likeness (QED) is 0.318. The number of anilines is 1. The maximum absolute atomic E-state index is 13.8. The number of aliphatic hydroxyl groups is 1. The van der Waals surface area contributed by atoms with E-state index in [0.717, 1.165) is 9.71 Å². The van der Waals surface area contributed by atoms with E-state index >= 15 is 0 Å². The third-order valence-electron chi connectivity index (χ3n) is 5.87. The number of methoxy groups -OCH3 is 1. The highest BCUT2D eigenvalue weighted by molar-refractivity contribution is 7.22. The predicted molar refractivity (Wildman–Crippen MR) is 140 cm³/mol. The number of hydrogen-bond acceptors (Lipinski definition) is 9. The molecule has 10 heteroatoms. The number of carbonyl (C=O) groups is 2. The maximum Gasteiger partial charge on any atom is 0.296 e. The molecule has 184 valence electrons. The van der Waals surface area contributed by atoms with Crippen LogP contribution in [-0.2, 0) is 4.79 Å². The number of aromatic nitrogens is 2. The molecule has 2 aromatic carbocycles. The first-order valence-corrected chi connectivity index (χ1v) is 12.9. The molecule has 0 bridgehead atoms. The van der Waals surface area contributed by atoms with Crippen LogP contribution in [0.15, 0.2) is 53.8 Å². The van der Waals surface area contributed by atoms with Crippen LogP contribution in [0, 0.1) is 13.8 Å². The van der Waals surface area contributed by atoms with E-state index in [1.165, 1.54) is 27.6 Å².